The Kier molecular flexibility index (Phi) is 4.94. The third-order valence-electron chi connectivity index (χ3n) is 4.03. The summed E-state index contributed by atoms with van der Waals surface area (Å²) < 4.78 is 1.81. The molecule has 0 radical (unpaired) electrons. The minimum absolute atomic E-state index is 0.111. The normalized spacial score (nSPS) is 14.4. The zero-order chi connectivity index (χ0) is 18.0. The first-order valence-corrected chi connectivity index (χ1v) is 9.44. The summed E-state index contributed by atoms with van der Waals surface area (Å²) in [5.74, 6) is 0.236. The van der Waals surface area contributed by atoms with Crippen LogP contribution >= 0.6 is 11.3 Å². The molecule has 0 bridgehead atoms. The third kappa shape index (κ3) is 4.28. The maximum absolute atomic E-state index is 12.6. The lowest BCUT2D eigenvalue weighted by Crippen LogP contribution is -2.37. The molecule has 0 atom stereocenters. The van der Waals surface area contributed by atoms with Crippen LogP contribution in [0.4, 0.5) is 0 Å². The monoisotopic (exact) mass is 360 g/mol. The Morgan fingerprint density at radius 3 is 2.48 bits per heavy atom. The quantitative estimate of drug-likeness (QED) is 0.778. The number of nitrogens with one attached hydrogen (secondary N) is 2. The molecule has 2 amide bonds. The van der Waals surface area contributed by atoms with Gasteiger partial charge < -0.3 is 10.6 Å². The lowest BCUT2D eigenvalue weighted by Gasteiger charge is -2.22. The molecule has 0 aromatic carbocycles. The summed E-state index contributed by atoms with van der Waals surface area (Å²) in [5, 5.41) is 12.2. The van der Waals surface area contributed by atoms with Crippen LogP contribution in [0.1, 0.15) is 65.4 Å². The summed E-state index contributed by atoms with van der Waals surface area (Å²) in [6, 6.07) is 5.52. The standard InChI is InChI=1S/C18H24N4O2S/c1-18(2,3)22-14(11-13(21-22)12-6-7-12)16(23)19-8-9-20-17(24)15-5-4-10-25-15/h4-5,10-12H,6-9H2,1-3H3,(H,19,23)(H,20,24). The maximum Gasteiger partial charge on any atom is 0.269 e. The molecule has 6 nitrogen and oxygen atoms in total. The van der Waals surface area contributed by atoms with Crippen LogP contribution in [0.5, 0.6) is 0 Å². The van der Waals surface area contributed by atoms with Crippen molar-refractivity contribution in [2.24, 2.45) is 0 Å². The topological polar surface area (TPSA) is 76.0 Å². The zero-order valence-corrected chi connectivity index (χ0v) is 15.7. The molecule has 3 rings (SSSR count). The highest BCUT2D eigenvalue weighted by molar-refractivity contribution is 7.12. The summed E-state index contributed by atoms with van der Waals surface area (Å²) >= 11 is 1.40. The van der Waals surface area contributed by atoms with Crippen molar-refractivity contribution >= 4 is 23.2 Å². The van der Waals surface area contributed by atoms with Crippen molar-refractivity contribution in [3.8, 4) is 0 Å². The van der Waals surface area contributed by atoms with Crippen molar-refractivity contribution in [3.63, 3.8) is 0 Å². The molecule has 1 fully saturated rings. The van der Waals surface area contributed by atoms with E-state index in [4.69, 9.17) is 0 Å². The maximum atomic E-state index is 12.6. The van der Waals surface area contributed by atoms with Crippen LogP contribution in [0.25, 0.3) is 0 Å². The van der Waals surface area contributed by atoms with E-state index < -0.39 is 0 Å². The van der Waals surface area contributed by atoms with E-state index in [1.165, 1.54) is 11.3 Å². The van der Waals surface area contributed by atoms with Crippen LogP contribution in [-0.4, -0.2) is 34.7 Å². The molecule has 1 saturated carbocycles. The highest BCUT2D eigenvalue weighted by Crippen LogP contribution is 2.40. The minimum Gasteiger partial charge on any atom is -0.350 e. The molecule has 2 heterocycles. The van der Waals surface area contributed by atoms with Gasteiger partial charge in [0.05, 0.1) is 16.1 Å². The Hall–Kier alpha value is -2.15. The second kappa shape index (κ2) is 7.00. The predicted molar refractivity (Wildman–Crippen MR) is 98.2 cm³/mol. The lowest BCUT2D eigenvalue weighted by molar-refractivity contribution is 0.0918. The van der Waals surface area contributed by atoms with Gasteiger partial charge in [-0.05, 0) is 51.1 Å². The van der Waals surface area contributed by atoms with Gasteiger partial charge in [-0.15, -0.1) is 11.3 Å². The van der Waals surface area contributed by atoms with Crippen molar-refractivity contribution in [1.82, 2.24) is 20.4 Å². The van der Waals surface area contributed by atoms with E-state index in [0.717, 1.165) is 18.5 Å². The summed E-state index contributed by atoms with van der Waals surface area (Å²) in [6.07, 6.45) is 2.30. The van der Waals surface area contributed by atoms with Crippen LogP contribution in [0.3, 0.4) is 0 Å². The van der Waals surface area contributed by atoms with Crippen LogP contribution in [0.2, 0.25) is 0 Å². The fraction of sp³-hybridized carbons (Fsp3) is 0.500. The van der Waals surface area contributed by atoms with E-state index in [1.807, 2.05) is 38.3 Å². The summed E-state index contributed by atoms with van der Waals surface area (Å²) in [7, 11) is 0. The van der Waals surface area contributed by atoms with Gasteiger partial charge in [-0.25, -0.2) is 0 Å². The fourth-order valence-electron chi connectivity index (χ4n) is 2.59. The molecule has 2 N–H and O–H groups in total. The van der Waals surface area contributed by atoms with Gasteiger partial charge in [-0.1, -0.05) is 6.07 Å². The number of carbonyl (C=O) groups excluding carboxylic acids is 2. The number of rotatable bonds is 6. The summed E-state index contributed by atoms with van der Waals surface area (Å²) in [4.78, 5) is 25.1. The number of aromatic nitrogens is 2. The highest BCUT2D eigenvalue weighted by atomic mass is 32.1. The van der Waals surface area contributed by atoms with E-state index in [-0.39, 0.29) is 17.4 Å². The van der Waals surface area contributed by atoms with Gasteiger partial charge >= 0.3 is 0 Å². The van der Waals surface area contributed by atoms with Crippen molar-refractivity contribution in [2.75, 3.05) is 13.1 Å². The second-order valence-electron chi connectivity index (χ2n) is 7.30. The molecular formula is C18H24N4O2S. The zero-order valence-electron chi connectivity index (χ0n) is 14.8. The van der Waals surface area contributed by atoms with Crippen molar-refractivity contribution < 1.29 is 9.59 Å². The van der Waals surface area contributed by atoms with Crippen molar-refractivity contribution in [3.05, 3.63) is 39.8 Å². The summed E-state index contributed by atoms with van der Waals surface area (Å²) in [5.41, 5.74) is 1.33. The molecule has 134 valence electrons. The van der Waals surface area contributed by atoms with Crippen LogP contribution < -0.4 is 10.6 Å². The van der Waals surface area contributed by atoms with Crippen LogP contribution in [0.15, 0.2) is 23.6 Å². The Labute approximate surface area is 151 Å². The molecule has 2 aromatic rings. The Bertz CT molecular complexity index is 755. The first-order valence-electron chi connectivity index (χ1n) is 8.56. The van der Waals surface area contributed by atoms with Crippen molar-refractivity contribution in [2.45, 2.75) is 45.1 Å². The molecule has 0 unspecified atom stereocenters. The molecule has 0 saturated heterocycles. The number of hydrogen-bond donors (Lipinski definition) is 2. The molecule has 1 aliphatic carbocycles. The number of amides is 2. The molecule has 1 aliphatic rings. The van der Waals surface area contributed by atoms with Gasteiger partial charge in [-0.2, -0.15) is 5.10 Å². The van der Waals surface area contributed by atoms with Crippen LogP contribution in [-0.2, 0) is 5.54 Å². The van der Waals surface area contributed by atoms with Gasteiger partial charge in [0.15, 0.2) is 0 Å². The van der Waals surface area contributed by atoms with Gasteiger partial charge in [0.1, 0.15) is 5.69 Å². The predicted octanol–water partition coefficient (Wildman–Crippen LogP) is 2.74. The molecule has 25 heavy (non-hydrogen) atoms. The number of hydrogen-bond acceptors (Lipinski definition) is 4. The van der Waals surface area contributed by atoms with Crippen LogP contribution in [0, 0.1) is 0 Å². The average molecular weight is 360 g/mol. The third-order valence-corrected chi connectivity index (χ3v) is 4.90. The van der Waals surface area contributed by atoms with Gasteiger partial charge in [0.25, 0.3) is 11.8 Å². The minimum atomic E-state index is -0.257. The molecule has 0 aliphatic heterocycles. The second-order valence-corrected chi connectivity index (χ2v) is 8.25. The highest BCUT2D eigenvalue weighted by Gasteiger charge is 2.31. The van der Waals surface area contributed by atoms with Gasteiger partial charge in [-0.3, -0.25) is 14.3 Å². The average Bonchev–Trinajstić information content (AvgIpc) is 3.09. The van der Waals surface area contributed by atoms with E-state index >= 15 is 0 Å². The number of nitrogens with zero attached hydrogens (tertiary/aromatic N) is 2. The number of carbonyl (C=O) groups is 2. The van der Waals surface area contributed by atoms with E-state index in [9.17, 15) is 9.59 Å². The molecule has 2 aromatic heterocycles. The largest absolute Gasteiger partial charge is 0.350 e. The first kappa shape index (κ1) is 17.7. The van der Waals surface area contributed by atoms with E-state index in [2.05, 4.69) is 15.7 Å². The van der Waals surface area contributed by atoms with E-state index in [1.54, 1.807) is 10.7 Å². The SMILES string of the molecule is CC(C)(C)n1nc(C2CC2)cc1C(=O)NCCNC(=O)c1cccs1. The summed E-state index contributed by atoms with van der Waals surface area (Å²) in [6.45, 7) is 6.88. The first-order chi connectivity index (χ1) is 11.9. The Balaban J connectivity index is 1.57. The Morgan fingerprint density at radius 1 is 1.24 bits per heavy atom. The number of thiophene rings is 1. The van der Waals surface area contributed by atoms with Gasteiger partial charge in [0.2, 0.25) is 0 Å². The molecular weight excluding hydrogens is 336 g/mol. The molecule has 0 spiro atoms. The van der Waals surface area contributed by atoms with Gasteiger partial charge in [0, 0.05) is 19.0 Å². The fourth-order valence-corrected chi connectivity index (χ4v) is 3.23. The smallest absolute Gasteiger partial charge is 0.269 e. The Morgan fingerprint density at radius 2 is 1.92 bits per heavy atom. The van der Waals surface area contributed by atoms with Crippen molar-refractivity contribution in [1.29, 1.82) is 0 Å². The molecule has 7 heteroatoms. The lowest BCUT2D eigenvalue weighted by atomic mass is 10.1. The van der Waals surface area contributed by atoms with E-state index in [0.29, 0.717) is 29.6 Å².